The van der Waals surface area contributed by atoms with Gasteiger partial charge < -0.3 is 9.84 Å². The van der Waals surface area contributed by atoms with E-state index < -0.39 is 0 Å². The van der Waals surface area contributed by atoms with E-state index in [1.54, 1.807) is 0 Å². The molecule has 2 aliphatic heterocycles. The van der Waals surface area contributed by atoms with Crippen LogP contribution in [0.5, 0.6) is 0 Å². The third-order valence-electron chi connectivity index (χ3n) is 4.60. The molecule has 4 nitrogen and oxygen atoms in total. The topological polar surface area (TPSA) is 35.9 Å². The summed E-state index contributed by atoms with van der Waals surface area (Å²) in [6.45, 7) is 6.31. The lowest BCUT2D eigenvalue weighted by Gasteiger charge is -2.38. The van der Waals surface area contributed by atoms with E-state index in [1.807, 2.05) is 0 Å². The van der Waals surface area contributed by atoms with Crippen LogP contribution >= 0.6 is 0 Å². The van der Waals surface area contributed by atoms with E-state index in [9.17, 15) is 5.11 Å². The number of rotatable bonds is 3. The van der Waals surface area contributed by atoms with Crippen LogP contribution in [0.1, 0.15) is 18.4 Å². The first-order valence-corrected chi connectivity index (χ1v) is 8.07. The standard InChI is InChI=1S/C17H26N2O2/c20-17-13-19(10-11-21-14-17)16-6-8-18(9-7-16)12-15-4-2-1-3-5-15/h1-5,16-17,20H,6-14H2/t17-/m0/s1. The first-order valence-electron chi connectivity index (χ1n) is 8.07. The normalized spacial score (nSPS) is 26.6. The fourth-order valence-corrected chi connectivity index (χ4v) is 3.43. The fraction of sp³-hybridized carbons (Fsp3) is 0.647. The molecule has 2 fully saturated rings. The molecular weight excluding hydrogens is 264 g/mol. The molecule has 1 aromatic carbocycles. The highest BCUT2D eigenvalue weighted by molar-refractivity contribution is 5.14. The van der Waals surface area contributed by atoms with E-state index in [2.05, 4.69) is 40.1 Å². The van der Waals surface area contributed by atoms with E-state index in [-0.39, 0.29) is 6.10 Å². The van der Waals surface area contributed by atoms with Crippen LogP contribution in [0.2, 0.25) is 0 Å². The van der Waals surface area contributed by atoms with Gasteiger partial charge in [0.1, 0.15) is 0 Å². The minimum Gasteiger partial charge on any atom is -0.389 e. The summed E-state index contributed by atoms with van der Waals surface area (Å²) in [5, 5.41) is 9.86. The predicted octanol–water partition coefficient (Wildman–Crippen LogP) is 1.34. The Morgan fingerprint density at radius 2 is 1.86 bits per heavy atom. The molecular formula is C17H26N2O2. The van der Waals surface area contributed by atoms with Crippen LogP contribution in [0, 0.1) is 0 Å². The minimum atomic E-state index is -0.324. The lowest BCUT2D eigenvalue weighted by molar-refractivity contribution is 0.0493. The Kier molecular flexibility index (Phi) is 5.25. The van der Waals surface area contributed by atoms with Crippen molar-refractivity contribution < 1.29 is 9.84 Å². The van der Waals surface area contributed by atoms with Gasteiger partial charge in [-0.1, -0.05) is 30.3 Å². The number of nitrogens with zero attached hydrogens (tertiary/aromatic N) is 2. The van der Waals surface area contributed by atoms with Crippen molar-refractivity contribution in [3.8, 4) is 0 Å². The number of β-amino-alcohol motifs (C(OH)–C–C–N with tert-alkyl or cyclic N) is 1. The van der Waals surface area contributed by atoms with Crippen molar-refractivity contribution in [2.45, 2.75) is 31.5 Å². The molecule has 0 amide bonds. The molecule has 116 valence electrons. The quantitative estimate of drug-likeness (QED) is 0.911. The number of piperidine rings is 1. The number of benzene rings is 1. The van der Waals surface area contributed by atoms with Crippen LogP contribution < -0.4 is 0 Å². The summed E-state index contributed by atoms with van der Waals surface area (Å²) in [7, 11) is 0. The summed E-state index contributed by atoms with van der Waals surface area (Å²) in [6.07, 6.45) is 2.06. The molecule has 0 saturated carbocycles. The second-order valence-electron chi connectivity index (χ2n) is 6.22. The Bertz CT molecular complexity index is 418. The van der Waals surface area contributed by atoms with Gasteiger partial charge in [-0.3, -0.25) is 9.80 Å². The van der Waals surface area contributed by atoms with Crippen LogP contribution in [-0.2, 0) is 11.3 Å². The summed E-state index contributed by atoms with van der Waals surface area (Å²) in [5.41, 5.74) is 1.40. The summed E-state index contributed by atoms with van der Waals surface area (Å²) >= 11 is 0. The third kappa shape index (κ3) is 4.27. The van der Waals surface area contributed by atoms with Crippen LogP contribution in [0.15, 0.2) is 30.3 Å². The summed E-state index contributed by atoms with van der Waals surface area (Å²) in [5.74, 6) is 0. The molecule has 1 atom stereocenters. The number of aliphatic hydroxyl groups is 1. The van der Waals surface area contributed by atoms with Gasteiger partial charge in [0.15, 0.2) is 0 Å². The maximum atomic E-state index is 9.86. The second kappa shape index (κ2) is 7.36. The van der Waals surface area contributed by atoms with E-state index in [0.29, 0.717) is 12.6 Å². The zero-order valence-corrected chi connectivity index (χ0v) is 12.7. The molecule has 0 aliphatic carbocycles. The highest BCUT2D eigenvalue weighted by atomic mass is 16.5. The molecule has 21 heavy (non-hydrogen) atoms. The molecule has 0 radical (unpaired) electrons. The predicted molar refractivity (Wildman–Crippen MR) is 83.1 cm³/mol. The summed E-state index contributed by atoms with van der Waals surface area (Å²) < 4.78 is 5.43. The van der Waals surface area contributed by atoms with E-state index in [0.717, 1.165) is 39.3 Å². The molecule has 4 heteroatoms. The molecule has 0 spiro atoms. The van der Waals surface area contributed by atoms with Crippen molar-refractivity contribution in [2.75, 3.05) is 39.4 Å². The fourth-order valence-electron chi connectivity index (χ4n) is 3.43. The number of ether oxygens (including phenoxy) is 1. The minimum absolute atomic E-state index is 0.324. The van der Waals surface area contributed by atoms with E-state index >= 15 is 0 Å². The van der Waals surface area contributed by atoms with Crippen molar-refractivity contribution in [3.63, 3.8) is 0 Å². The zero-order valence-electron chi connectivity index (χ0n) is 12.7. The Morgan fingerprint density at radius 1 is 1.10 bits per heavy atom. The Morgan fingerprint density at radius 3 is 2.62 bits per heavy atom. The number of likely N-dealkylation sites (tertiary alicyclic amines) is 1. The Balaban J connectivity index is 1.48. The van der Waals surface area contributed by atoms with Crippen molar-refractivity contribution >= 4 is 0 Å². The van der Waals surface area contributed by atoms with E-state index in [4.69, 9.17) is 4.74 Å². The molecule has 2 aliphatic rings. The molecule has 0 bridgehead atoms. The van der Waals surface area contributed by atoms with Gasteiger partial charge in [-0.25, -0.2) is 0 Å². The second-order valence-corrected chi connectivity index (χ2v) is 6.22. The molecule has 2 saturated heterocycles. The lowest BCUT2D eigenvalue weighted by Crippen LogP contribution is -2.47. The highest BCUT2D eigenvalue weighted by Crippen LogP contribution is 2.19. The molecule has 1 N–H and O–H groups in total. The van der Waals surface area contributed by atoms with Gasteiger partial charge in [0, 0.05) is 25.7 Å². The third-order valence-corrected chi connectivity index (χ3v) is 4.60. The van der Waals surface area contributed by atoms with Gasteiger partial charge in [0.25, 0.3) is 0 Å². The average Bonchev–Trinajstić information content (AvgIpc) is 2.74. The van der Waals surface area contributed by atoms with E-state index in [1.165, 1.54) is 18.4 Å². The van der Waals surface area contributed by atoms with Crippen molar-refractivity contribution in [1.29, 1.82) is 0 Å². The van der Waals surface area contributed by atoms with Crippen LogP contribution in [0.4, 0.5) is 0 Å². The Labute approximate surface area is 127 Å². The molecule has 0 unspecified atom stereocenters. The Hall–Kier alpha value is -0.940. The highest BCUT2D eigenvalue weighted by Gasteiger charge is 2.27. The number of hydrogen-bond donors (Lipinski definition) is 1. The maximum absolute atomic E-state index is 9.86. The smallest absolute Gasteiger partial charge is 0.0900 e. The lowest BCUT2D eigenvalue weighted by atomic mass is 10.0. The van der Waals surface area contributed by atoms with Crippen LogP contribution in [0.25, 0.3) is 0 Å². The number of hydrogen-bond acceptors (Lipinski definition) is 4. The monoisotopic (exact) mass is 290 g/mol. The van der Waals surface area contributed by atoms with Gasteiger partial charge in [0.05, 0.1) is 19.3 Å². The molecule has 0 aromatic heterocycles. The first kappa shape index (κ1) is 15.0. The van der Waals surface area contributed by atoms with Gasteiger partial charge in [-0.15, -0.1) is 0 Å². The summed E-state index contributed by atoms with van der Waals surface area (Å²) in [4.78, 5) is 4.97. The zero-order chi connectivity index (χ0) is 14.5. The largest absolute Gasteiger partial charge is 0.389 e. The summed E-state index contributed by atoms with van der Waals surface area (Å²) in [6, 6.07) is 11.3. The first-order chi connectivity index (χ1) is 10.3. The van der Waals surface area contributed by atoms with Gasteiger partial charge in [-0.05, 0) is 31.5 Å². The van der Waals surface area contributed by atoms with Gasteiger partial charge in [0.2, 0.25) is 0 Å². The maximum Gasteiger partial charge on any atom is 0.0900 e. The SMILES string of the molecule is O[C@@H]1COCCN(C2CCN(Cc3ccccc3)CC2)C1. The van der Waals surface area contributed by atoms with Crippen molar-refractivity contribution in [2.24, 2.45) is 0 Å². The van der Waals surface area contributed by atoms with Crippen LogP contribution in [0.3, 0.4) is 0 Å². The average molecular weight is 290 g/mol. The molecule has 3 rings (SSSR count). The van der Waals surface area contributed by atoms with Gasteiger partial charge in [-0.2, -0.15) is 0 Å². The molecule has 2 heterocycles. The van der Waals surface area contributed by atoms with Gasteiger partial charge >= 0.3 is 0 Å². The van der Waals surface area contributed by atoms with Crippen molar-refractivity contribution in [3.05, 3.63) is 35.9 Å². The number of aliphatic hydroxyl groups excluding tert-OH is 1. The van der Waals surface area contributed by atoms with Crippen molar-refractivity contribution in [1.82, 2.24) is 9.80 Å². The molecule has 1 aromatic rings. The van der Waals surface area contributed by atoms with Crippen LogP contribution in [-0.4, -0.2) is 66.4 Å².